The Morgan fingerprint density at radius 3 is 2.12 bits per heavy atom. The standard InChI is InChI=1S/C12H20F3N/c1-10-3-7-16(8-4-10)9-11(5-2-6-11)12(13,14)15/h10H,2-9H2,1H3. The molecule has 4 heteroatoms. The Kier molecular flexibility index (Phi) is 3.21. The van der Waals surface area contributed by atoms with E-state index in [0.717, 1.165) is 32.4 Å². The Morgan fingerprint density at radius 1 is 1.19 bits per heavy atom. The smallest absolute Gasteiger partial charge is 0.302 e. The number of halogens is 3. The van der Waals surface area contributed by atoms with Crippen LogP contribution in [-0.4, -0.2) is 30.7 Å². The lowest BCUT2D eigenvalue weighted by Crippen LogP contribution is -2.53. The number of alkyl halides is 3. The first kappa shape index (κ1) is 12.2. The average molecular weight is 235 g/mol. The molecule has 0 spiro atoms. The summed E-state index contributed by atoms with van der Waals surface area (Å²) in [5.74, 6) is 0.680. The van der Waals surface area contributed by atoms with Gasteiger partial charge >= 0.3 is 6.18 Å². The first-order chi connectivity index (χ1) is 7.43. The fourth-order valence-corrected chi connectivity index (χ4v) is 2.78. The van der Waals surface area contributed by atoms with Crippen LogP contribution in [0.15, 0.2) is 0 Å². The van der Waals surface area contributed by atoms with Crippen molar-refractivity contribution < 1.29 is 13.2 Å². The third kappa shape index (κ3) is 2.22. The van der Waals surface area contributed by atoms with E-state index in [4.69, 9.17) is 0 Å². The maximum absolute atomic E-state index is 13.0. The van der Waals surface area contributed by atoms with Crippen LogP contribution in [0.3, 0.4) is 0 Å². The molecule has 1 heterocycles. The first-order valence-corrected chi connectivity index (χ1v) is 6.22. The fraction of sp³-hybridized carbons (Fsp3) is 1.00. The monoisotopic (exact) mass is 235 g/mol. The van der Waals surface area contributed by atoms with Gasteiger partial charge in [-0.05, 0) is 44.7 Å². The van der Waals surface area contributed by atoms with Crippen LogP contribution in [0.25, 0.3) is 0 Å². The third-order valence-electron chi connectivity index (χ3n) is 4.31. The summed E-state index contributed by atoms with van der Waals surface area (Å²) in [6.07, 6.45) is -0.495. The highest BCUT2D eigenvalue weighted by Crippen LogP contribution is 2.53. The Bertz CT molecular complexity index is 237. The van der Waals surface area contributed by atoms with Gasteiger partial charge in [0.25, 0.3) is 0 Å². The van der Waals surface area contributed by atoms with E-state index in [9.17, 15) is 13.2 Å². The number of hydrogen-bond acceptors (Lipinski definition) is 1. The lowest BCUT2D eigenvalue weighted by Gasteiger charge is -2.47. The minimum absolute atomic E-state index is 0.239. The first-order valence-electron chi connectivity index (χ1n) is 6.22. The van der Waals surface area contributed by atoms with Gasteiger partial charge in [-0.15, -0.1) is 0 Å². The van der Waals surface area contributed by atoms with Gasteiger partial charge in [0.2, 0.25) is 0 Å². The van der Waals surface area contributed by atoms with E-state index in [1.807, 2.05) is 4.90 Å². The molecule has 1 nitrogen and oxygen atoms in total. The Labute approximate surface area is 95.0 Å². The van der Waals surface area contributed by atoms with Crippen molar-refractivity contribution in [2.45, 2.75) is 45.2 Å². The van der Waals surface area contributed by atoms with Crippen LogP contribution in [0, 0.1) is 11.3 Å². The Morgan fingerprint density at radius 2 is 1.75 bits per heavy atom. The average Bonchev–Trinajstić information content (AvgIpc) is 2.12. The summed E-state index contributed by atoms with van der Waals surface area (Å²) in [6, 6.07) is 0. The van der Waals surface area contributed by atoms with Crippen LogP contribution < -0.4 is 0 Å². The van der Waals surface area contributed by atoms with Gasteiger partial charge in [0, 0.05) is 6.54 Å². The van der Waals surface area contributed by atoms with Crippen LogP contribution in [0.2, 0.25) is 0 Å². The Balaban J connectivity index is 1.92. The number of nitrogens with zero attached hydrogens (tertiary/aromatic N) is 1. The number of rotatable bonds is 2. The third-order valence-corrected chi connectivity index (χ3v) is 4.31. The molecule has 0 unspecified atom stereocenters. The van der Waals surface area contributed by atoms with Crippen LogP contribution in [0.5, 0.6) is 0 Å². The van der Waals surface area contributed by atoms with Gasteiger partial charge in [-0.2, -0.15) is 13.2 Å². The van der Waals surface area contributed by atoms with Crippen molar-refractivity contribution >= 4 is 0 Å². The molecular weight excluding hydrogens is 215 g/mol. The highest BCUT2D eigenvalue weighted by atomic mass is 19.4. The zero-order valence-electron chi connectivity index (χ0n) is 9.82. The summed E-state index contributed by atoms with van der Waals surface area (Å²) in [4.78, 5) is 2.02. The predicted octanol–water partition coefficient (Wildman–Crippen LogP) is 3.45. The van der Waals surface area contributed by atoms with Gasteiger partial charge in [0.1, 0.15) is 0 Å². The normalized spacial score (nSPS) is 27.8. The van der Waals surface area contributed by atoms with Crippen molar-refractivity contribution in [3.63, 3.8) is 0 Å². The lowest BCUT2D eigenvalue weighted by atomic mass is 9.67. The minimum atomic E-state index is -4.01. The van der Waals surface area contributed by atoms with Crippen molar-refractivity contribution in [1.82, 2.24) is 4.90 Å². The molecule has 0 aromatic rings. The second-order valence-corrected chi connectivity index (χ2v) is 5.59. The van der Waals surface area contributed by atoms with Crippen molar-refractivity contribution in [2.75, 3.05) is 19.6 Å². The van der Waals surface area contributed by atoms with Gasteiger partial charge < -0.3 is 4.90 Å². The number of piperidine rings is 1. The molecule has 1 saturated carbocycles. The van der Waals surface area contributed by atoms with E-state index in [2.05, 4.69) is 6.92 Å². The summed E-state index contributed by atoms with van der Waals surface area (Å²) in [7, 11) is 0. The van der Waals surface area contributed by atoms with Crippen LogP contribution in [0.4, 0.5) is 13.2 Å². The van der Waals surface area contributed by atoms with E-state index in [0.29, 0.717) is 18.8 Å². The van der Waals surface area contributed by atoms with E-state index in [1.54, 1.807) is 0 Å². The molecule has 16 heavy (non-hydrogen) atoms. The number of likely N-dealkylation sites (tertiary alicyclic amines) is 1. The molecular formula is C12H20F3N. The van der Waals surface area contributed by atoms with Gasteiger partial charge in [-0.3, -0.25) is 0 Å². The van der Waals surface area contributed by atoms with Crippen LogP contribution in [-0.2, 0) is 0 Å². The molecule has 1 saturated heterocycles. The molecule has 2 fully saturated rings. The van der Waals surface area contributed by atoms with E-state index in [-0.39, 0.29) is 6.54 Å². The second kappa shape index (κ2) is 4.21. The molecule has 0 N–H and O–H groups in total. The van der Waals surface area contributed by atoms with Gasteiger partial charge in [-0.25, -0.2) is 0 Å². The zero-order chi connectivity index (χ0) is 11.8. The van der Waals surface area contributed by atoms with Crippen molar-refractivity contribution in [3.8, 4) is 0 Å². The molecule has 1 aliphatic carbocycles. The lowest BCUT2D eigenvalue weighted by molar-refractivity contribution is -0.256. The summed E-state index contributed by atoms with van der Waals surface area (Å²) in [5, 5.41) is 0. The zero-order valence-corrected chi connectivity index (χ0v) is 9.82. The van der Waals surface area contributed by atoms with Gasteiger partial charge in [0.05, 0.1) is 5.41 Å². The fourth-order valence-electron chi connectivity index (χ4n) is 2.78. The van der Waals surface area contributed by atoms with Crippen LogP contribution in [0.1, 0.15) is 39.0 Å². The molecule has 0 radical (unpaired) electrons. The minimum Gasteiger partial charge on any atom is -0.302 e. The van der Waals surface area contributed by atoms with E-state index >= 15 is 0 Å². The molecule has 94 valence electrons. The quantitative estimate of drug-likeness (QED) is 0.708. The van der Waals surface area contributed by atoms with Crippen molar-refractivity contribution in [3.05, 3.63) is 0 Å². The summed E-state index contributed by atoms with van der Waals surface area (Å²) in [5.41, 5.74) is -1.37. The maximum Gasteiger partial charge on any atom is 0.395 e. The van der Waals surface area contributed by atoms with E-state index < -0.39 is 11.6 Å². The summed E-state index contributed by atoms with van der Waals surface area (Å²) < 4.78 is 38.9. The summed E-state index contributed by atoms with van der Waals surface area (Å²) >= 11 is 0. The molecule has 0 bridgehead atoms. The summed E-state index contributed by atoms with van der Waals surface area (Å²) in [6.45, 7) is 4.11. The van der Waals surface area contributed by atoms with Crippen LogP contribution >= 0.6 is 0 Å². The largest absolute Gasteiger partial charge is 0.395 e. The van der Waals surface area contributed by atoms with Gasteiger partial charge in [-0.1, -0.05) is 13.3 Å². The maximum atomic E-state index is 13.0. The molecule has 1 aliphatic heterocycles. The molecule has 0 aromatic carbocycles. The number of hydrogen-bond donors (Lipinski definition) is 0. The molecule has 0 atom stereocenters. The van der Waals surface area contributed by atoms with Gasteiger partial charge in [0.15, 0.2) is 0 Å². The second-order valence-electron chi connectivity index (χ2n) is 5.59. The van der Waals surface area contributed by atoms with Crippen molar-refractivity contribution in [1.29, 1.82) is 0 Å². The topological polar surface area (TPSA) is 3.24 Å². The SMILES string of the molecule is CC1CCN(CC2(C(F)(F)F)CCC2)CC1. The van der Waals surface area contributed by atoms with E-state index in [1.165, 1.54) is 0 Å². The molecule has 2 rings (SSSR count). The van der Waals surface area contributed by atoms with Crippen molar-refractivity contribution in [2.24, 2.45) is 11.3 Å². The predicted molar refractivity (Wildman–Crippen MR) is 57.2 cm³/mol. The molecule has 0 aromatic heterocycles. The Hall–Kier alpha value is -0.250. The molecule has 0 amide bonds. The highest BCUT2D eigenvalue weighted by molar-refractivity contribution is 4.96. The molecule has 2 aliphatic rings. The highest BCUT2D eigenvalue weighted by Gasteiger charge is 2.58.